The van der Waals surface area contributed by atoms with Gasteiger partial charge < -0.3 is 10.1 Å². The molecule has 0 aliphatic carbocycles. The standard InChI is InChI=1S/C15H14F3NO/c1-10-8-12(4-7-14(10)16)19-9-11-2-5-13(6-3-11)20-15(17)18/h2-8,15,19H,9H2,1H3. The molecule has 5 heteroatoms. The first-order valence-corrected chi connectivity index (χ1v) is 6.08. The van der Waals surface area contributed by atoms with Crippen LogP contribution in [0.1, 0.15) is 11.1 Å². The minimum Gasteiger partial charge on any atom is -0.435 e. The molecule has 0 aromatic heterocycles. The van der Waals surface area contributed by atoms with Crippen LogP contribution in [0.3, 0.4) is 0 Å². The van der Waals surface area contributed by atoms with E-state index in [9.17, 15) is 13.2 Å². The lowest BCUT2D eigenvalue weighted by atomic mass is 10.2. The summed E-state index contributed by atoms with van der Waals surface area (Å²) in [6.07, 6.45) is 0. The maximum absolute atomic E-state index is 13.1. The maximum atomic E-state index is 13.1. The Morgan fingerprint density at radius 3 is 2.40 bits per heavy atom. The summed E-state index contributed by atoms with van der Waals surface area (Å²) in [5.74, 6) is -0.120. The highest BCUT2D eigenvalue weighted by molar-refractivity contribution is 5.46. The monoisotopic (exact) mass is 281 g/mol. The number of alkyl halides is 2. The molecular weight excluding hydrogens is 267 g/mol. The number of halogens is 3. The van der Waals surface area contributed by atoms with Gasteiger partial charge in [-0.25, -0.2) is 4.39 Å². The first-order chi connectivity index (χ1) is 9.54. The Balaban J connectivity index is 1.95. The number of anilines is 1. The number of hydrogen-bond donors (Lipinski definition) is 1. The lowest BCUT2D eigenvalue weighted by Gasteiger charge is -2.09. The third-order valence-electron chi connectivity index (χ3n) is 2.80. The van der Waals surface area contributed by atoms with Crippen molar-refractivity contribution in [1.29, 1.82) is 0 Å². The number of rotatable bonds is 5. The lowest BCUT2D eigenvalue weighted by molar-refractivity contribution is -0.0498. The van der Waals surface area contributed by atoms with Crippen LogP contribution in [-0.2, 0) is 6.54 Å². The molecule has 2 aromatic carbocycles. The topological polar surface area (TPSA) is 21.3 Å². The Labute approximate surface area is 115 Å². The third-order valence-corrected chi connectivity index (χ3v) is 2.80. The zero-order valence-electron chi connectivity index (χ0n) is 10.9. The first kappa shape index (κ1) is 14.2. The van der Waals surface area contributed by atoms with E-state index in [1.165, 1.54) is 18.2 Å². The van der Waals surface area contributed by atoms with Gasteiger partial charge in [0.05, 0.1) is 0 Å². The molecule has 2 aromatic rings. The zero-order chi connectivity index (χ0) is 14.5. The van der Waals surface area contributed by atoms with Crippen molar-refractivity contribution >= 4 is 5.69 Å². The van der Waals surface area contributed by atoms with Gasteiger partial charge in [0.15, 0.2) is 0 Å². The molecule has 0 fully saturated rings. The van der Waals surface area contributed by atoms with E-state index in [4.69, 9.17) is 0 Å². The normalized spacial score (nSPS) is 10.7. The van der Waals surface area contributed by atoms with Gasteiger partial charge in [-0.15, -0.1) is 0 Å². The van der Waals surface area contributed by atoms with E-state index >= 15 is 0 Å². The predicted octanol–water partition coefficient (Wildman–Crippen LogP) is 4.35. The van der Waals surface area contributed by atoms with Crippen LogP contribution in [0.5, 0.6) is 5.75 Å². The minimum atomic E-state index is -2.82. The smallest absolute Gasteiger partial charge is 0.387 e. The van der Waals surface area contributed by atoms with Crippen molar-refractivity contribution in [2.24, 2.45) is 0 Å². The summed E-state index contributed by atoms with van der Waals surface area (Å²) in [4.78, 5) is 0. The van der Waals surface area contributed by atoms with Gasteiger partial charge in [-0.3, -0.25) is 0 Å². The molecule has 0 saturated carbocycles. The summed E-state index contributed by atoms with van der Waals surface area (Å²) in [5, 5.41) is 3.13. The van der Waals surface area contributed by atoms with Gasteiger partial charge in [-0.05, 0) is 48.4 Å². The Morgan fingerprint density at radius 2 is 1.80 bits per heavy atom. The number of nitrogens with one attached hydrogen (secondary N) is 1. The van der Waals surface area contributed by atoms with Gasteiger partial charge in [0, 0.05) is 12.2 Å². The Kier molecular flexibility index (Phi) is 4.50. The van der Waals surface area contributed by atoms with Crippen LogP contribution in [0.15, 0.2) is 42.5 Å². The van der Waals surface area contributed by atoms with Crippen molar-refractivity contribution in [3.63, 3.8) is 0 Å². The quantitative estimate of drug-likeness (QED) is 0.879. The molecule has 0 aliphatic heterocycles. The van der Waals surface area contributed by atoms with Gasteiger partial charge in [0.1, 0.15) is 11.6 Å². The van der Waals surface area contributed by atoms with Gasteiger partial charge in [-0.1, -0.05) is 12.1 Å². The van der Waals surface area contributed by atoms with Crippen LogP contribution in [0.25, 0.3) is 0 Å². The number of hydrogen-bond acceptors (Lipinski definition) is 2. The van der Waals surface area contributed by atoms with Crippen molar-refractivity contribution in [3.8, 4) is 5.75 Å². The Morgan fingerprint density at radius 1 is 1.10 bits per heavy atom. The van der Waals surface area contributed by atoms with Crippen molar-refractivity contribution in [3.05, 3.63) is 59.4 Å². The van der Waals surface area contributed by atoms with E-state index in [-0.39, 0.29) is 11.6 Å². The average molecular weight is 281 g/mol. The highest BCUT2D eigenvalue weighted by atomic mass is 19.3. The summed E-state index contributed by atoms with van der Waals surface area (Å²) < 4.78 is 41.4. The van der Waals surface area contributed by atoms with E-state index in [0.29, 0.717) is 12.1 Å². The second kappa shape index (κ2) is 6.32. The second-order valence-electron chi connectivity index (χ2n) is 4.34. The van der Waals surface area contributed by atoms with Crippen molar-refractivity contribution in [2.45, 2.75) is 20.1 Å². The lowest BCUT2D eigenvalue weighted by Crippen LogP contribution is -2.03. The Hall–Kier alpha value is -2.17. The summed E-state index contributed by atoms with van der Waals surface area (Å²) in [6.45, 7) is -0.613. The summed E-state index contributed by atoms with van der Waals surface area (Å²) in [5.41, 5.74) is 2.28. The number of benzene rings is 2. The SMILES string of the molecule is Cc1cc(NCc2ccc(OC(F)F)cc2)ccc1F. The van der Waals surface area contributed by atoms with E-state index in [1.807, 2.05) is 0 Å². The van der Waals surface area contributed by atoms with Gasteiger partial charge >= 0.3 is 6.61 Å². The fourth-order valence-corrected chi connectivity index (χ4v) is 1.75. The predicted molar refractivity (Wildman–Crippen MR) is 71.5 cm³/mol. The maximum Gasteiger partial charge on any atom is 0.387 e. The molecule has 0 heterocycles. The second-order valence-corrected chi connectivity index (χ2v) is 4.34. The van der Waals surface area contributed by atoms with Gasteiger partial charge in [-0.2, -0.15) is 8.78 Å². The first-order valence-electron chi connectivity index (χ1n) is 6.08. The molecule has 0 bridgehead atoms. The van der Waals surface area contributed by atoms with Crippen LogP contribution in [0, 0.1) is 12.7 Å². The fraction of sp³-hybridized carbons (Fsp3) is 0.200. The summed E-state index contributed by atoms with van der Waals surface area (Å²) >= 11 is 0. The molecular formula is C15H14F3NO. The highest BCUT2D eigenvalue weighted by Gasteiger charge is 2.04. The molecule has 0 amide bonds. The molecule has 0 radical (unpaired) electrons. The molecule has 0 spiro atoms. The molecule has 1 N–H and O–H groups in total. The number of ether oxygens (including phenoxy) is 1. The van der Waals surface area contributed by atoms with E-state index < -0.39 is 6.61 Å². The van der Waals surface area contributed by atoms with Crippen molar-refractivity contribution < 1.29 is 17.9 Å². The van der Waals surface area contributed by atoms with Gasteiger partial charge in [0.25, 0.3) is 0 Å². The molecule has 0 aliphatic rings. The summed E-state index contributed by atoms with van der Waals surface area (Å²) in [7, 11) is 0. The molecule has 0 atom stereocenters. The molecule has 20 heavy (non-hydrogen) atoms. The molecule has 0 unspecified atom stereocenters. The Bertz CT molecular complexity index is 570. The average Bonchev–Trinajstić information content (AvgIpc) is 2.41. The van der Waals surface area contributed by atoms with Gasteiger partial charge in [0.2, 0.25) is 0 Å². The molecule has 106 valence electrons. The number of aryl methyl sites for hydroxylation is 1. The third kappa shape index (κ3) is 3.91. The molecule has 0 saturated heterocycles. The zero-order valence-corrected chi connectivity index (χ0v) is 10.9. The molecule has 2 nitrogen and oxygen atoms in total. The molecule has 2 rings (SSSR count). The van der Waals surface area contributed by atoms with Crippen LogP contribution >= 0.6 is 0 Å². The van der Waals surface area contributed by atoms with E-state index in [2.05, 4.69) is 10.1 Å². The van der Waals surface area contributed by atoms with Crippen LogP contribution in [-0.4, -0.2) is 6.61 Å². The van der Waals surface area contributed by atoms with Crippen molar-refractivity contribution in [1.82, 2.24) is 0 Å². The van der Waals surface area contributed by atoms with E-state index in [0.717, 1.165) is 11.3 Å². The minimum absolute atomic E-state index is 0.126. The largest absolute Gasteiger partial charge is 0.435 e. The van der Waals surface area contributed by atoms with Crippen LogP contribution in [0.2, 0.25) is 0 Å². The van der Waals surface area contributed by atoms with Crippen LogP contribution in [0.4, 0.5) is 18.9 Å². The highest BCUT2D eigenvalue weighted by Crippen LogP contribution is 2.17. The fourth-order valence-electron chi connectivity index (χ4n) is 1.75. The van der Waals surface area contributed by atoms with Crippen molar-refractivity contribution in [2.75, 3.05) is 5.32 Å². The van der Waals surface area contributed by atoms with Crippen LogP contribution < -0.4 is 10.1 Å². The summed E-state index contributed by atoms with van der Waals surface area (Å²) in [6, 6.07) is 11.1. The van der Waals surface area contributed by atoms with E-state index in [1.54, 1.807) is 31.2 Å².